The quantitative estimate of drug-likeness (QED) is 0.705. The van der Waals surface area contributed by atoms with Crippen LogP contribution in [0, 0.1) is 5.92 Å². The molecule has 2 atom stereocenters. The first-order valence-electron chi connectivity index (χ1n) is 7.22. The molecule has 0 aromatic heterocycles. The second-order valence-electron chi connectivity index (χ2n) is 5.41. The highest BCUT2D eigenvalue weighted by atomic mass is 79.9. The standard InChI is InChI=1S/C16H24BrNO3/c1-11(16(19)20)5-4-6-12(2)18-10-13-9-14(21-3)7-8-15(13)17/h7-9,11-12,18H,4-6,10H2,1-3H3,(H,19,20). The van der Waals surface area contributed by atoms with Crippen LogP contribution < -0.4 is 10.1 Å². The Bertz CT molecular complexity index is 465. The highest BCUT2D eigenvalue weighted by Gasteiger charge is 2.11. The highest BCUT2D eigenvalue weighted by molar-refractivity contribution is 9.10. The predicted octanol–water partition coefficient (Wildman–Crippen LogP) is 3.83. The van der Waals surface area contributed by atoms with Gasteiger partial charge in [-0.1, -0.05) is 29.3 Å². The molecule has 2 N–H and O–H groups in total. The van der Waals surface area contributed by atoms with E-state index in [0.717, 1.165) is 41.6 Å². The molecular weight excluding hydrogens is 334 g/mol. The van der Waals surface area contributed by atoms with Crippen molar-refractivity contribution in [1.82, 2.24) is 5.32 Å². The molecule has 0 amide bonds. The van der Waals surface area contributed by atoms with Gasteiger partial charge < -0.3 is 15.2 Å². The maximum absolute atomic E-state index is 10.8. The Labute approximate surface area is 135 Å². The minimum atomic E-state index is -0.712. The lowest BCUT2D eigenvalue weighted by Crippen LogP contribution is -2.25. The van der Waals surface area contributed by atoms with E-state index in [1.54, 1.807) is 14.0 Å². The van der Waals surface area contributed by atoms with Crippen molar-refractivity contribution in [3.8, 4) is 5.75 Å². The van der Waals surface area contributed by atoms with E-state index in [0.29, 0.717) is 6.04 Å². The van der Waals surface area contributed by atoms with Crippen LogP contribution in [0.15, 0.2) is 22.7 Å². The van der Waals surface area contributed by atoms with Gasteiger partial charge in [0, 0.05) is 17.1 Å². The first-order chi connectivity index (χ1) is 9.93. The first kappa shape index (κ1) is 18.0. The summed E-state index contributed by atoms with van der Waals surface area (Å²) in [5.41, 5.74) is 1.15. The lowest BCUT2D eigenvalue weighted by atomic mass is 10.0. The summed E-state index contributed by atoms with van der Waals surface area (Å²) in [5, 5.41) is 12.3. The van der Waals surface area contributed by atoms with Crippen molar-refractivity contribution in [2.24, 2.45) is 5.92 Å². The number of benzene rings is 1. The Morgan fingerprint density at radius 1 is 1.38 bits per heavy atom. The van der Waals surface area contributed by atoms with E-state index in [1.165, 1.54) is 0 Å². The number of halogens is 1. The Morgan fingerprint density at radius 3 is 2.71 bits per heavy atom. The number of hydrogen-bond acceptors (Lipinski definition) is 3. The summed E-state index contributed by atoms with van der Waals surface area (Å²) >= 11 is 3.54. The van der Waals surface area contributed by atoms with Crippen molar-refractivity contribution in [2.45, 2.75) is 45.7 Å². The van der Waals surface area contributed by atoms with Crippen LogP contribution in [0.2, 0.25) is 0 Å². The van der Waals surface area contributed by atoms with E-state index in [4.69, 9.17) is 9.84 Å². The fraction of sp³-hybridized carbons (Fsp3) is 0.562. The predicted molar refractivity (Wildman–Crippen MR) is 87.6 cm³/mol. The minimum Gasteiger partial charge on any atom is -0.497 e. The minimum absolute atomic E-state index is 0.260. The molecule has 1 aromatic rings. The third kappa shape index (κ3) is 6.48. The molecule has 0 radical (unpaired) electrons. The molecule has 4 nitrogen and oxygen atoms in total. The summed E-state index contributed by atoms with van der Waals surface area (Å²) in [6.45, 7) is 4.64. The largest absolute Gasteiger partial charge is 0.497 e. The summed E-state index contributed by atoms with van der Waals surface area (Å²) in [5.74, 6) is -0.126. The van der Waals surface area contributed by atoms with Crippen molar-refractivity contribution < 1.29 is 14.6 Å². The Morgan fingerprint density at radius 2 is 2.10 bits per heavy atom. The molecule has 0 aliphatic heterocycles. The van der Waals surface area contributed by atoms with E-state index in [1.807, 2.05) is 18.2 Å². The molecule has 1 aromatic carbocycles. The van der Waals surface area contributed by atoms with Gasteiger partial charge in [0.2, 0.25) is 0 Å². The van der Waals surface area contributed by atoms with Gasteiger partial charge in [-0.2, -0.15) is 0 Å². The van der Waals surface area contributed by atoms with E-state index in [9.17, 15) is 4.79 Å². The molecular formula is C16H24BrNO3. The van der Waals surface area contributed by atoms with Crippen LogP contribution in [-0.4, -0.2) is 24.2 Å². The molecule has 1 rings (SSSR count). The van der Waals surface area contributed by atoms with E-state index >= 15 is 0 Å². The molecule has 0 heterocycles. The summed E-state index contributed by atoms with van der Waals surface area (Å²) in [6, 6.07) is 6.26. The van der Waals surface area contributed by atoms with Crippen molar-refractivity contribution in [3.05, 3.63) is 28.2 Å². The zero-order valence-corrected chi connectivity index (χ0v) is 14.4. The molecule has 0 saturated carbocycles. The number of carbonyl (C=O) groups is 1. The summed E-state index contributed by atoms with van der Waals surface area (Å²) < 4.78 is 6.28. The average molecular weight is 358 g/mol. The van der Waals surface area contributed by atoms with E-state index in [-0.39, 0.29) is 5.92 Å². The maximum Gasteiger partial charge on any atom is 0.306 e. The number of carboxylic acids is 1. The Hall–Kier alpha value is -1.07. The van der Waals surface area contributed by atoms with Gasteiger partial charge in [-0.15, -0.1) is 0 Å². The van der Waals surface area contributed by atoms with Gasteiger partial charge in [-0.25, -0.2) is 0 Å². The second kappa shape index (κ2) is 9.05. The molecule has 118 valence electrons. The fourth-order valence-electron chi connectivity index (χ4n) is 2.05. The molecule has 21 heavy (non-hydrogen) atoms. The number of ether oxygens (including phenoxy) is 1. The van der Waals surface area contributed by atoms with Crippen LogP contribution >= 0.6 is 15.9 Å². The van der Waals surface area contributed by atoms with Crippen molar-refractivity contribution in [3.63, 3.8) is 0 Å². The zero-order chi connectivity index (χ0) is 15.8. The van der Waals surface area contributed by atoms with Gasteiger partial charge in [-0.3, -0.25) is 4.79 Å². The smallest absolute Gasteiger partial charge is 0.306 e. The summed E-state index contributed by atoms with van der Waals surface area (Å²) in [4.78, 5) is 10.8. The molecule has 0 aliphatic carbocycles. The van der Waals surface area contributed by atoms with E-state index < -0.39 is 5.97 Å². The summed E-state index contributed by atoms with van der Waals surface area (Å²) in [7, 11) is 1.66. The first-order valence-corrected chi connectivity index (χ1v) is 8.02. The molecule has 0 bridgehead atoms. The maximum atomic E-state index is 10.8. The molecule has 0 spiro atoms. The van der Waals surface area contributed by atoms with Crippen LogP contribution in [0.4, 0.5) is 0 Å². The molecule has 2 unspecified atom stereocenters. The third-order valence-corrected chi connectivity index (χ3v) is 4.36. The van der Waals surface area contributed by atoms with E-state index in [2.05, 4.69) is 28.2 Å². The third-order valence-electron chi connectivity index (χ3n) is 3.59. The van der Waals surface area contributed by atoms with Crippen molar-refractivity contribution in [2.75, 3.05) is 7.11 Å². The Kier molecular flexibility index (Phi) is 7.75. The van der Waals surface area contributed by atoms with Gasteiger partial charge in [-0.05, 0) is 43.5 Å². The van der Waals surface area contributed by atoms with Gasteiger partial charge in [0.15, 0.2) is 0 Å². The van der Waals surface area contributed by atoms with Gasteiger partial charge in [0.1, 0.15) is 5.75 Å². The normalized spacial score (nSPS) is 13.7. The highest BCUT2D eigenvalue weighted by Crippen LogP contribution is 2.22. The SMILES string of the molecule is COc1ccc(Br)c(CNC(C)CCCC(C)C(=O)O)c1. The second-order valence-corrected chi connectivity index (χ2v) is 6.26. The average Bonchev–Trinajstić information content (AvgIpc) is 2.46. The summed E-state index contributed by atoms with van der Waals surface area (Å²) in [6.07, 6.45) is 2.62. The number of methoxy groups -OCH3 is 1. The zero-order valence-electron chi connectivity index (χ0n) is 12.9. The van der Waals surface area contributed by atoms with Gasteiger partial charge in [0.05, 0.1) is 13.0 Å². The number of aliphatic carboxylic acids is 1. The Balaban J connectivity index is 2.36. The molecule has 0 fully saturated rings. The number of nitrogens with one attached hydrogen (secondary N) is 1. The van der Waals surface area contributed by atoms with Crippen LogP contribution in [0.5, 0.6) is 5.75 Å². The molecule has 0 aliphatic rings. The lowest BCUT2D eigenvalue weighted by molar-refractivity contribution is -0.141. The number of carboxylic acid groups (broad SMARTS) is 1. The number of rotatable bonds is 9. The topological polar surface area (TPSA) is 58.6 Å². The molecule has 0 saturated heterocycles. The van der Waals surface area contributed by atoms with Crippen LogP contribution in [0.1, 0.15) is 38.7 Å². The van der Waals surface area contributed by atoms with Crippen molar-refractivity contribution in [1.29, 1.82) is 0 Å². The van der Waals surface area contributed by atoms with Crippen LogP contribution in [0.25, 0.3) is 0 Å². The van der Waals surface area contributed by atoms with Crippen LogP contribution in [0.3, 0.4) is 0 Å². The number of hydrogen-bond donors (Lipinski definition) is 2. The lowest BCUT2D eigenvalue weighted by Gasteiger charge is -2.15. The van der Waals surface area contributed by atoms with Crippen molar-refractivity contribution >= 4 is 21.9 Å². The fourth-order valence-corrected chi connectivity index (χ4v) is 2.44. The molecule has 5 heteroatoms. The van der Waals surface area contributed by atoms with Gasteiger partial charge in [0.25, 0.3) is 0 Å². The monoisotopic (exact) mass is 357 g/mol. The van der Waals surface area contributed by atoms with Gasteiger partial charge >= 0.3 is 5.97 Å². The van der Waals surface area contributed by atoms with Crippen LogP contribution in [-0.2, 0) is 11.3 Å².